The molecule has 0 radical (unpaired) electrons. The van der Waals surface area contributed by atoms with E-state index in [2.05, 4.69) is 21.2 Å². The van der Waals surface area contributed by atoms with Gasteiger partial charge in [0.2, 0.25) is 5.91 Å². The second kappa shape index (κ2) is 6.29. The maximum atomic E-state index is 13.2. The van der Waals surface area contributed by atoms with Crippen molar-refractivity contribution in [3.63, 3.8) is 0 Å². The lowest BCUT2D eigenvalue weighted by atomic mass is 9.99. The van der Waals surface area contributed by atoms with Crippen LogP contribution in [0.5, 0.6) is 0 Å². The smallest absolute Gasteiger partial charge is 0.243 e. The first-order valence-electron chi connectivity index (χ1n) is 7.83. The SMILES string of the molecule is CNCCN1C(=O)Cn2c(nc(-c3ccc(F)cc3)c2Br)C1(C)C. The number of nitrogens with one attached hydrogen (secondary N) is 1. The molecule has 0 unspecified atom stereocenters. The molecule has 3 rings (SSSR count). The van der Waals surface area contributed by atoms with Crippen molar-refractivity contribution in [1.29, 1.82) is 0 Å². The molecule has 0 spiro atoms. The fourth-order valence-corrected chi connectivity index (χ4v) is 3.73. The number of rotatable bonds is 4. The zero-order valence-electron chi connectivity index (χ0n) is 13.9. The van der Waals surface area contributed by atoms with E-state index in [0.29, 0.717) is 6.54 Å². The van der Waals surface area contributed by atoms with Gasteiger partial charge in [-0.2, -0.15) is 0 Å². The summed E-state index contributed by atoms with van der Waals surface area (Å²) in [6.45, 7) is 5.59. The molecule has 0 fully saturated rings. The highest BCUT2D eigenvalue weighted by Crippen LogP contribution is 2.38. The van der Waals surface area contributed by atoms with Crippen molar-refractivity contribution in [1.82, 2.24) is 19.8 Å². The Labute approximate surface area is 149 Å². The van der Waals surface area contributed by atoms with Gasteiger partial charge >= 0.3 is 0 Å². The molecule has 1 amide bonds. The van der Waals surface area contributed by atoms with Gasteiger partial charge in [0.25, 0.3) is 0 Å². The van der Waals surface area contributed by atoms with E-state index in [1.165, 1.54) is 12.1 Å². The number of likely N-dealkylation sites (N-methyl/N-ethyl adjacent to an activating group) is 1. The van der Waals surface area contributed by atoms with Crippen molar-refractivity contribution < 1.29 is 9.18 Å². The van der Waals surface area contributed by atoms with Crippen LogP contribution in [0.25, 0.3) is 11.3 Å². The van der Waals surface area contributed by atoms with Crippen LogP contribution in [0.3, 0.4) is 0 Å². The van der Waals surface area contributed by atoms with Crippen molar-refractivity contribution in [2.24, 2.45) is 0 Å². The van der Waals surface area contributed by atoms with E-state index in [-0.39, 0.29) is 18.3 Å². The van der Waals surface area contributed by atoms with Gasteiger partial charge in [-0.25, -0.2) is 9.37 Å². The monoisotopic (exact) mass is 394 g/mol. The van der Waals surface area contributed by atoms with Crippen molar-refractivity contribution in [3.05, 3.63) is 40.5 Å². The molecule has 0 atom stereocenters. The summed E-state index contributed by atoms with van der Waals surface area (Å²) in [4.78, 5) is 19.2. The molecule has 1 aliphatic rings. The summed E-state index contributed by atoms with van der Waals surface area (Å²) in [5, 5.41) is 3.08. The van der Waals surface area contributed by atoms with Crippen molar-refractivity contribution >= 4 is 21.8 Å². The van der Waals surface area contributed by atoms with Crippen molar-refractivity contribution in [3.8, 4) is 11.3 Å². The van der Waals surface area contributed by atoms with Crippen LogP contribution >= 0.6 is 15.9 Å². The third kappa shape index (κ3) is 2.75. The normalized spacial score (nSPS) is 16.4. The van der Waals surface area contributed by atoms with Crippen LogP contribution in [0.15, 0.2) is 28.9 Å². The zero-order chi connectivity index (χ0) is 17.5. The van der Waals surface area contributed by atoms with E-state index in [9.17, 15) is 9.18 Å². The molecule has 128 valence electrons. The molecule has 0 bridgehead atoms. The van der Waals surface area contributed by atoms with Crippen LogP contribution in [-0.2, 0) is 16.9 Å². The number of nitrogens with zero attached hydrogens (tertiary/aromatic N) is 3. The molecular weight excluding hydrogens is 375 g/mol. The number of halogens is 2. The Kier molecular flexibility index (Phi) is 4.48. The third-order valence-corrected chi connectivity index (χ3v) is 5.23. The number of hydrogen-bond acceptors (Lipinski definition) is 3. The van der Waals surface area contributed by atoms with Crippen molar-refractivity contribution in [2.45, 2.75) is 25.9 Å². The largest absolute Gasteiger partial charge is 0.328 e. The van der Waals surface area contributed by atoms with Gasteiger partial charge in [0, 0.05) is 18.7 Å². The van der Waals surface area contributed by atoms with E-state index in [1.54, 1.807) is 12.1 Å². The standard InChI is InChI=1S/C17H20BrFN4O/c1-17(2)16-21-14(11-4-6-12(19)7-5-11)15(18)22(16)10-13(24)23(17)9-8-20-3/h4-7,20H,8-10H2,1-3H3. The number of aromatic nitrogens is 2. The quantitative estimate of drug-likeness (QED) is 0.866. The molecule has 24 heavy (non-hydrogen) atoms. The first-order chi connectivity index (χ1) is 11.4. The lowest BCUT2D eigenvalue weighted by Crippen LogP contribution is -2.54. The van der Waals surface area contributed by atoms with Gasteiger partial charge in [-0.05, 0) is 61.1 Å². The van der Waals surface area contributed by atoms with Gasteiger partial charge in [0.1, 0.15) is 28.5 Å². The summed E-state index contributed by atoms with van der Waals surface area (Å²) in [5.41, 5.74) is 1.02. The predicted molar refractivity (Wildman–Crippen MR) is 94.0 cm³/mol. The molecule has 7 heteroatoms. The summed E-state index contributed by atoms with van der Waals surface area (Å²) in [7, 11) is 1.87. The minimum absolute atomic E-state index is 0.0616. The van der Waals surface area contributed by atoms with Gasteiger partial charge in [-0.1, -0.05) is 0 Å². The topological polar surface area (TPSA) is 50.2 Å². The Morgan fingerprint density at radius 1 is 1.33 bits per heavy atom. The summed E-state index contributed by atoms with van der Waals surface area (Å²) in [6.07, 6.45) is 0. The summed E-state index contributed by atoms with van der Waals surface area (Å²) in [5.74, 6) is 0.600. The summed E-state index contributed by atoms with van der Waals surface area (Å²) >= 11 is 3.57. The number of imidazole rings is 1. The average molecular weight is 395 g/mol. The van der Waals surface area contributed by atoms with Gasteiger partial charge in [-0.3, -0.25) is 4.79 Å². The van der Waals surface area contributed by atoms with Gasteiger partial charge in [0.15, 0.2) is 0 Å². The Hall–Kier alpha value is -1.73. The number of carbonyl (C=O) groups is 1. The van der Waals surface area contributed by atoms with Crippen LogP contribution in [0.1, 0.15) is 19.7 Å². The molecule has 1 aliphatic heterocycles. The second-order valence-electron chi connectivity index (χ2n) is 6.38. The molecule has 0 aliphatic carbocycles. The number of hydrogen-bond donors (Lipinski definition) is 1. The third-order valence-electron chi connectivity index (χ3n) is 4.43. The predicted octanol–water partition coefficient (Wildman–Crippen LogP) is 2.75. The highest BCUT2D eigenvalue weighted by atomic mass is 79.9. The van der Waals surface area contributed by atoms with Gasteiger partial charge in [0.05, 0.1) is 5.54 Å². The number of fused-ring (bicyclic) bond motifs is 1. The summed E-state index contributed by atoms with van der Waals surface area (Å²) < 4.78 is 15.8. The molecule has 1 aromatic heterocycles. The van der Waals surface area contributed by atoms with Crippen LogP contribution < -0.4 is 5.32 Å². The lowest BCUT2D eigenvalue weighted by Gasteiger charge is -2.42. The average Bonchev–Trinajstić information content (AvgIpc) is 2.86. The number of carbonyl (C=O) groups excluding carboxylic acids is 1. The lowest BCUT2D eigenvalue weighted by molar-refractivity contribution is -0.140. The van der Waals surface area contributed by atoms with Crippen LogP contribution in [0.4, 0.5) is 4.39 Å². The molecular formula is C17H20BrFN4O. The van der Waals surface area contributed by atoms with E-state index in [0.717, 1.165) is 28.2 Å². The van der Waals surface area contributed by atoms with Crippen LogP contribution in [0.2, 0.25) is 0 Å². The Bertz CT molecular complexity index is 770. The summed E-state index contributed by atoms with van der Waals surface area (Å²) in [6, 6.07) is 6.22. The minimum atomic E-state index is -0.521. The first-order valence-corrected chi connectivity index (χ1v) is 8.63. The van der Waals surface area contributed by atoms with Gasteiger partial charge in [-0.15, -0.1) is 0 Å². The fourth-order valence-electron chi connectivity index (χ4n) is 3.12. The van der Waals surface area contributed by atoms with Crippen LogP contribution in [0, 0.1) is 5.82 Å². The molecule has 2 heterocycles. The fraction of sp³-hybridized carbons (Fsp3) is 0.412. The second-order valence-corrected chi connectivity index (χ2v) is 7.13. The molecule has 1 aromatic carbocycles. The highest BCUT2D eigenvalue weighted by molar-refractivity contribution is 9.10. The van der Waals surface area contributed by atoms with E-state index in [4.69, 9.17) is 4.98 Å². The van der Waals surface area contributed by atoms with Crippen LogP contribution in [-0.4, -0.2) is 40.5 Å². The van der Waals surface area contributed by atoms with E-state index >= 15 is 0 Å². The molecule has 1 N–H and O–H groups in total. The Morgan fingerprint density at radius 2 is 2.00 bits per heavy atom. The molecule has 0 saturated carbocycles. The maximum absolute atomic E-state index is 13.2. The molecule has 0 saturated heterocycles. The zero-order valence-corrected chi connectivity index (χ0v) is 15.5. The van der Waals surface area contributed by atoms with Gasteiger partial charge < -0.3 is 14.8 Å². The highest BCUT2D eigenvalue weighted by Gasteiger charge is 2.42. The maximum Gasteiger partial charge on any atom is 0.243 e. The first kappa shape index (κ1) is 17.1. The minimum Gasteiger partial charge on any atom is -0.328 e. The number of amides is 1. The van der Waals surface area contributed by atoms with Crippen molar-refractivity contribution in [2.75, 3.05) is 20.1 Å². The Morgan fingerprint density at radius 3 is 2.62 bits per heavy atom. The number of benzene rings is 1. The van der Waals surface area contributed by atoms with E-state index in [1.807, 2.05) is 30.4 Å². The molecule has 5 nitrogen and oxygen atoms in total. The Balaban J connectivity index is 2.06. The molecule has 2 aromatic rings. The van der Waals surface area contributed by atoms with E-state index < -0.39 is 5.54 Å².